The van der Waals surface area contributed by atoms with Gasteiger partial charge in [-0.25, -0.2) is 13.2 Å². The van der Waals surface area contributed by atoms with Gasteiger partial charge in [-0.3, -0.25) is 19.3 Å². The first-order valence-corrected chi connectivity index (χ1v) is 9.87. The van der Waals surface area contributed by atoms with Gasteiger partial charge in [0.05, 0.1) is 12.5 Å². The van der Waals surface area contributed by atoms with Crippen LogP contribution in [0.3, 0.4) is 0 Å². The molecule has 0 aromatic heterocycles. The summed E-state index contributed by atoms with van der Waals surface area (Å²) in [7, 11) is -4.52. The van der Waals surface area contributed by atoms with Crippen molar-refractivity contribution in [3.05, 3.63) is 35.9 Å². The highest BCUT2D eigenvalue weighted by Gasteiger charge is 2.71. The first-order valence-electron chi connectivity index (χ1n) is 7.98. The van der Waals surface area contributed by atoms with Crippen LogP contribution in [0, 0.1) is 0 Å². The van der Waals surface area contributed by atoms with E-state index >= 15 is 0 Å². The van der Waals surface area contributed by atoms with Crippen molar-refractivity contribution in [3.63, 3.8) is 0 Å². The van der Waals surface area contributed by atoms with E-state index < -0.39 is 50.5 Å². The van der Waals surface area contributed by atoms with Crippen LogP contribution in [-0.4, -0.2) is 71.9 Å². The van der Waals surface area contributed by atoms with Gasteiger partial charge in [0.1, 0.15) is 6.04 Å². The third-order valence-electron chi connectivity index (χ3n) is 4.69. The van der Waals surface area contributed by atoms with E-state index in [9.17, 15) is 32.7 Å². The number of nitrogens with one attached hydrogen (secondary N) is 2. The van der Waals surface area contributed by atoms with E-state index in [0.29, 0.717) is 16.7 Å². The van der Waals surface area contributed by atoms with Crippen LogP contribution in [0.25, 0.3) is 0 Å². The smallest absolute Gasteiger partial charge is 0.355 e. The lowest BCUT2D eigenvalue weighted by Crippen LogP contribution is -2.87. The summed E-state index contributed by atoms with van der Waals surface area (Å²) in [6.45, 7) is -0.161. The number of carbonyl (C=O) groups excluding carboxylic acids is 3. The van der Waals surface area contributed by atoms with E-state index in [0.717, 1.165) is 0 Å². The summed E-state index contributed by atoms with van der Waals surface area (Å²) >= 11 is 0. The maximum atomic E-state index is 12.5. The number of carbonyl (C=O) groups is 4. The lowest BCUT2D eigenvalue weighted by molar-refractivity contribution is -0.177. The van der Waals surface area contributed by atoms with Crippen LogP contribution in [-0.2, 0) is 35.4 Å². The summed E-state index contributed by atoms with van der Waals surface area (Å²) in [4.78, 5) is 46.1. The molecule has 3 rings (SSSR count). The van der Waals surface area contributed by atoms with Crippen LogP contribution in [0.5, 0.6) is 0 Å². The first-order chi connectivity index (χ1) is 12.6. The molecule has 27 heavy (non-hydrogen) atoms. The van der Waals surface area contributed by atoms with Crippen LogP contribution in [0.2, 0.25) is 0 Å². The highest BCUT2D eigenvalue weighted by molar-refractivity contribution is 7.93. The Morgan fingerprint density at radius 1 is 1.30 bits per heavy atom. The van der Waals surface area contributed by atoms with Crippen molar-refractivity contribution in [1.29, 1.82) is 0 Å². The monoisotopic (exact) mass is 395 g/mol. The molecule has 3 unspecified atom stereocenters. The fraction of sp³-hybridized carbons (Fsp3) is 0.375. The third-order valence-corrected chi connectivity index (χ3v) is 6.32. The number of carboxylic acid groups (broad SMARTS) is 1. The predicted molar refractivity (Wildman–Crippen MR) is 90.9 cm³/mol. The van der Waals surface area contributed by atoms with Crippen LogP contribution in [0.15, 0.2) is 30.3 Å². The maximum Gasteiger partial charge on any atom is 0.355 e. The van der Waals surface area contributed by atoms with Crippen molar-refractivity contribution in [1.82, 2.24) is 15.5 Å². The van der Waals surface area contributed by atoms with E-state index in [-0.39, 0.29) is 13.0 Å². The average molecular weight is 395 g/mol. The number of rotatable bonds is 5. The average Bonchev–Trinajstić information content (AvgIpc) is 2.59. The molecule has 3 N–H and O–H groups in total. The molecular weight excluding hydrogens is 378 g/mol. The number of fused-ring (bicyclic) bond motifs is 1. The van der Waals surface area contributed by atoms with Gasteiger partial charge in [-0.1, -0.05) is 30.3 Å². The lowest BCUT2D eigenvalue weighted by atomic mass is 9.88. The third kappa shape index (κ3) is 2.74. The number of benzene rings is 1. The Morgan fingerprint density at radius 3 is 2.48 bits per heavy atom. The molecule has 0 bridgehead atoms. The van der Waals surface area contributed by atoms with Gasteiger partial charge >= 0.3 is 10.8 Å². The van der Waals surface area contributed by atoms with Crippen molar-refractivity contribution in [2.75, 3.05) is 12.8 Å². The fourth-order valence-corrected chi connectivity index (χ4v) is 4.75. The van der Waals surface area contributed by atoms with Crippen LogP contribution in [0.1, 0.15) is 5.56 Å². The number of aliphatic carboxylic acids is 1. The molecule has 10 nitrogen and oxygen atoms in total. The first kappa shape index (κ1) is 18.8. The second-order valence-electron chi connectivity index (χ2n) is 6.41. The normalized spacial score (nSPS) is 27.2. The van der Waals surface area contributed by atoms with Gasteiger partial charge in [0, 0.05) is 12.8 Å². The number of piperazine rings is 1. The largest absolute Gasteiger partial charge is 0.478 e. The molecule has 11 heteroatoms. The highest BCUT2D eigenvalue weighted by Crippen LogP contribution is 2.37. The molecule has 0 aliphatic carbocycles. The molecule has 2 saturated heterocycles. The Labute approximate surface area is 154 Å². The van der Waals surface area contributed by atoms with Gasteiger partial charge in [-0.05, 0) is 5.56 Å². The zero-order valence-electron chi connectivity index (χ0n) is 14.2. The van der Waals surface area contributed by atoms with Gasteiger partial charge in [0.15, 0.2) is 9.84 Å². The molecule has 0 spiro atoms. The molecule has 0 radical (unpaired) electrons. The molecule has 2 aliphatic rings. The second-order valence-corrected chi connectivity index (χ2v) is 8.55. The zero-order valence-corrected chi connectivity index (χ0v) is 15.0. The van der Waals surface area contributed by atoms with Crippen molar-refractivity contribution >= 4 is 33.5 Å². The lowest BCUT2D eigenvalue weighted by Gasteiger charge is -2.55. The minimum Gasteiger partial charge on any atom is -0.478 e. The van der Waals surface area contributed by atoms with Crippen molar-refractivity contribution < 1.29 is 32.7 Å². The number of amides is 3. The molecule has 1 aromatic rings. The van der Waals surface area contributed by atoms with Gasteiger partial charge in [-0.15, -0.1) is 0 Å². The van der Waals surface area contributed by atoms with E-state index in [4.69, 9.17) is 0 Å². The molecule has 1 aromatic carbocycles. The molecular formula is C16H17N3O7S. The van der Waals surface area contributed by atoms with Crippen molar-refractivity contribution in [2.24, 2.45) is 0 Å². The van der Waals surface area contributed by atoms with Gasteiger partial charge in [-0.2, -0.15) is 0 Å². The van der Waals surface area contributed by atoms with Gasteiger partial charge in [0.2, 0.25) is 11.8 Å². The van der Waals surface area contributed by atoms with E-state index in [1.165, 1.54) is 0 Å². The van der Waals surface area contributed by atoms with E-state index in [1.54, 1.807) is 30.3 Å². The second kappa shape index (κ2) is 6.34. The van der Waals surface area contributed by atoms with Gasteiger partial charge < -0.3 is 15.7 Å². The summed E-state index contributed by atoms with van der Waals surface area (Å²) in [5.74, 6) is -4.66. The van der Waals surface area contributed by atoms with Crippen LogP contribution < -0.4 is 10.6 Å². The Kier molecular flexibility index (Phi) is 4.42. The zero-order chi connectivity index (χ0) is 20.0. The maximum absolute atomic E-state index is 12.5. The van der Waals surface area contributed by atoms with Crippen molar-refractivity contribution in [3.8, 4) is 0 Å². The molecule has 0 saturated carbocycles. The topological polar surface area (TPSA) is 150 Å². The van der Waals surface area contributed by atoms with Crippen molar-refractivity contribution in [2.45, 2.75) is 23.4 Å². The summed E-state index contributed by atoms with van der Waals surface area (Å²) in [6, 6.07) is 6.67. The Balaban J connectivity index is 1.83. The fourth-order valence-electron chi connectivity index (χ4n) is 3.44. The standard InChI is InChI=1S/C16H17N3O7S/c1-27(25,26)16(15(23)24)14(22)17-8-10-12(13(21)19(10)16)18-11(20)7-9-5-3-2-4-6-9/h2-6,10,12H,7-8H2,1H3,(H,17,22)(H,18,20)(H,23,24). The molecule has 3 amide bonds. The number of carboxylic acids is 1. The number of nitrogens with zero attached hydrogens (tertiary/aromatic N) is 1. The van der Waals surface area contributed by atoms with Crippen LogP contribution in [0.4, 0.5) is 0 Å². The Morgan fingerprint density at radius 2 is 1.93 bits per heavy atom. The summed E-state index contributed by atoms with van der Waals surface area (Å²) in [5.41, 5.74) is 0.714. The number of hydrogen-bond donors (Lipinski definition) is 3. The van der Waals surface area contributed by atoms with Crippen LogP contribution >= 0.6 is 0 Å². The van der Waals surface area contributed by atoms with Gasteiger partial charge in [0.25, 0.3) is 5.91 Å². The summed E-state index contributed by atoms with van der Waals surface area (Å²) in [6.07, 6.45) is 0.581. The number of β-lactam (4-membered cyclic amide) rings is 1. The summed E-state index contributed by atoms with van der Waals surface area (Å²) < 4.78 is 24.3. The number of sulfone groups is 1. The quantitative estimate of drug-likeness (QED) is 0.381. The SMILES string of the molecule is CS(=O)(=O)C1(C(=O)O)C(=O)NCC2C(NC(=O)Cc3ccccc3)C(=O)N21. The Bertz CT molecular complexity index is 931. The molecule has 144 valence electrons. The molecule has 2 aliphatic heterocycles. The predicted octanol–water partition coefficient (Wildman–Crippen LogP) is -2.12. The van der Waals surface area contributed by atoms with E-state index in [2.05, 4.69) is 10.6 Å². The molecule has 2 fully saturated rings. The molecule has 2 heterocycles. The van der Waals surface area contributed by atoms with E-state index in [1.807, 2.05) is 0 Å². The Hall–Kier alpha value is -2.95. The highest BCUT2D eigenvalue weighted by atomic mass is 32.2. The minimum absolute atomic E-state index is 0.000150. The number of hydrogen-bond acceptors (Lipinski definition) is 6. The minimum atomic E-state index is -4.52. The molecule has 3 atom stereocenters. The summed E-state index contributed by atoms with van der Waals surface area (Å²) in [5, 5.41) is 14.2.